The summed E-state index contributed by atoms with van der Waals surface area (Å²) >= 11 is 0. The Hall–Kier alpha value is -2.14. The second kappa shape index (κ2) is 10.6. The average molecular weight is 443 g/mol. The van der Waals surface area contributed by atoms with Gasteiger partial charge in [0.25, 0.3) is 10.0 Å². The van der Waals surface area contributed by atoms with Crippen LogP contribution in [0.25, 0.3) is 0 Å². The highest BCUT2D eigenvalue weighted by molar-refractivity contribution is 7.92. The molecule has 0 bridgehead atoms. The van der Waals surface area contributed by atoms with Crippen LogP contribution in [0.15, 0.2) is 58.3 Å². The molecule has 2 aromatic carbocycles. The molecule has 2 aromatic rings. The summed E-state index contributed by atoms with van der Waals surface area (Å²) < 4.78 is 65.1. The zero-order chi connectivity index (χ0) is 21.3. The van der Waals surface area contributed by atoms with Gasteiger partial charge in [0.2, 0.25) is 10.0 Å². The molecule has 0 heterocycles. The van der Waals surface area contributed by atoms with Crippen molar-refractivity contribution >= 4 is 25.7 Å². The highest BCUT2D eigenvalue weighted by Crippen LogP contribution is 2.21. The van der Waals surface area contributed by atoms with Crippen LogP contribution >= 0.6 is 0 Å². The SMILES string of the molecule is CCCCNS(=O)(=O)c1cccc(NS(=O)(=O)c2ccc(OCCOC)cc2)c1. The third-order valence-corrected chi connectivity index (χ3v) is 6.77. The van der Waals surface area contributed by atoms with E-state index in [4.69, 9.17) is 9.47 Å². The van der Waals surface area contributed by atoms with Gasteiger partial charge in [-0.15, -0.1) is 0 Å². The molecule has 160 valence electrons. The van der Waals surface area contributed by atoms with Crippen molar-refractivity contribution < 1.29 is 26.3 Å². The minimum Gasteiger partial charge on any atom is -0.491 e. The van der Waals surface area contributed by atoms with Gasteiger partial charge < -0.3 is 9.47 Å². The average Bonchev–Trinajstić information content (AvgIpc) is 2.69. The fourth-order valence-corrected chi connectivity index (χ4v) is 4.53. The minimum absolute atomic E-state index is 0.00399. The normalized spacial score (nSPS) is 11.9. The van der Waals surface area contributed by atoms with Crippen LogP contribution in [0.1, 0.15) is 19.8 Å². The number of anilines is 1. The smallest absolute Gasteiger partial charge is 0.261 e. The molecule has 29 heavy (non-hydrogen) atoms. The Balaban J connectivity index is 2.12. The number of unbranched alkanes of at least 4 members (excludes halogenated alkanes) is 1. The second-order valence-electron chi connectivity index (χ2n) is 6.20. The molecule has 0 unspecified atom stereocenters. The van der Waals surface area contributed by atoms with E-state index in [9.17, 15) is 16.8 Å². The molecule has 2 N–H and O–H groups in total. The van der Waals surface area contributed by atoms with Crippen molar-refractivity contribution in [3.63, 3.8) is 0 Å². The molecule has 0 aromatic heterocycles. The Bertz CT molecular complexity index is 990. The molecule has 0 saturated carbocycles. The Kier molecular flexibility index (Phi) is 8.45. The van der Waals surface area contributed by atoms with Gasteiger partial charge in [-0.2, -0.15) is 0 Å². The molecular formula is C19H26N2O6S2. The van der Waals surface area contributed by atoms with E-state index in [2.05, 4.69) is 9.44 Å². The lowest BCUT2D eigenvalue weighted by Gasteiger charge is -2.11. The quantitative estimate of drug-likeness (QED) is 0.489. The van der Waals surface area contributed by atoms with Crippen LogP contribution in [0.5, 0.6) is 5.75 Å². The summed E-state index contributed by atoms with van der Waals surface area (Å²) in [5, 5.41) is 0. The van der Waals surface area contributed by atoms with Crippen LogP contribution in [0, 0.1) is 0 Å². The summed E-state index contributed by atoms with van der Waals surface area (Å²) in [4.78, 5) is 0.0293. The number of nitrogens with one attached hydrogen (secondary N) is 2. The van der Waals surface area contributed by atoms with Crippen LogP contribution in [0.2, 0.25) is 0 Å². The van der Waals surface area contributed by atoms with Gasteiger partial charge >= 0.3 is 0 Å². The fourth-order valence-electron chi connectivity index (χ4n) is 2.37. The molecule has 0 fully saturated rings. The number of sulfonamides is 2. The number of benzene rings is 2. The highest BCUT2D eigenvalue weighted by atomic mass is 32.2. The number of ether oxygens (including phenoxy) is 2. The maximum atomic E-state index is 12.6. The standard InChI is InChI=1S/C19H26N2O6S2/c1-3-4-12-20-28(22,23)19-7-5-6-16(15-19)21-29(24,25)18-10-8-17(9-11-18)27-14-13-26-2/h5-11,15,20-21H,3-4,12-14H2,1-2H3. The Morgan fingerprint density at radius 2 is 1.62 bits per heavy atom. The first-order chi connectivity index (χ1) is 13.8. The van der Waals surface area contributed by atoms with Gasteiger partial charge in [-0.3, -0.25) is 4.72 Å². The van der Waals surface area contributed by atoms with E-state index in [-0.39, 0.29) is 15.5 Å². The monoisotopic (exact) mass is 442 g/mol. The van der Waals surface area contributed by atoms with Crippen molar-refractivity contribution in [2.45, 2.75) is 29.6 Å². The third kappa shape index (κ3) is 7.00. The molecule has 0 radical (unpaired) electrons. The lowest BCUT2D eigenvalue weighted by Crippen LogP contribution is -2.24. The van der Waals surface area contributed by atoms with Crippen LogP contribution in [0.4, 0.5) is 5.69 Å². The molecule has 0 aliphatic carbocycles. The molecule has 10 heteroatoms. The summed E-state index contributed by atoms with van der Waals surface area (Å²) in [7, 11) is -6.03. The van der Waals surface area contributed by atoms with Gasteiger partial charge in [0.05, 0.1) is 22.1 Å². The Labute approximate surface area is 172 Å². The molecular weight excluding hydrogens is 416 g/mol. The molecule has 0 spiro atoms. The van der Waals surface area contributed by atoms with Crippen molar-refractivity contribution in [3.05, 3.63) is 48.5 Å². The fraction of sp³-hybridized carbons (Fsp3) is 0.368. The van der Waals surface area contributed by atoms with Gasteiger partial charge in [0.1, 0.15) is 12.4 Å². The summed E-state index contributed by atoms with van der Waals surface area (Å²) in [6, 6.07) is 11.6. The first kappa shape index (κ1) is 23.1. The van der Waals surface area contributed by atoms with E-state index in [1.807, 2.05) is 6.92 Å². The van der Waals surface area contributed by atoms with Gasteiger partial charge in [0, 0.05) is 13.7 Å². The van der Waals surface area contributed by atoms with Crippen LogP contribution < -0.4 is 14.2 Å². The maximum absolute atomic E-state index is 12.6. The van der Waals surface area contributed by atoms with Crippen LogP contribution in [-0.2, 0) is 24.8 Å². The maximum Gasteiger partial charge on any atom is 0.261 e. The summed E-state index contributed by atoms with van der Waals surface area (Å²) in [5.41, 5.74) is 0.156. The summed E-state index contributed by atoms with van der Waals surface area (Å²) in [6.45, 7) is 3.07. The first-order valence-corrected chi connectivity index (χ1v) is 12.1. The van der Waals surface area contributed by atoms with E-state index < -0.39 is 20.0 Å². The Morgan fingerprint density at radius 1 is 0.897 bits per heavy atom. The Morgan fingerprint density at radius 3 is 2.28 bits per heavy atom. The minimum atomic E-state index is -3.88. The molecule has 0 saturated heterocycles. The van der Waals surface area contributed by atoms with Crippen molar-refractivity contribution in [1.29, 1.82) is 0 Å². The van der Waals surface area contributed by atoms with E-state index in [1.54, 1.807) is 19.2 Å². The van der Waals surface area contributed by atoms with Crippen molar-refractivity contribution in [2.24, 2.45) is 0 Å². The van der Waals surface area contributed by atoms with Crippen molar-refractivity contribution in [2.75, 3.05) is 31.6 Å². The molecule has 0 aliphatic heterocycles. The zero-order valence-corrected chi connectivity index (χ0v) is 18.1. The predicted molar refractivity (Wildman–Crippen MR) is 111 cm³/mol. The van der Waals surface area contributed by atoms with Crippen LogP contribution in [-0.4, -0.2) is 43.7 Å². The molecule has 2 rings (SSSR count). The highest BCUT2D eigenvalue weighted by Gasteiger charge is 2.17. The third-order valence-electron chi connectivity index (χ3n) is 3.91. The topological polar surface area (TPSA) is 111 Å². The van der Waals surface area contributed by atoms with Crippen LogP contribution in [0.3, 0.4) is 0 Å². The molecule has 8 nitrogen and oxygen atoms in total. The van der Waals surface area contributed by atoms with Gasteiger partial charge in [0.15, 0.2) is 0 Å². The number of hydrogen-bond donors (Lipinski definition) is 2. The number of rotatable bonds is 12. The molecule has 0 aliphatic rings. The number of hydrogen-bond acceptors (Lipinski definition) is 6. The van der Waals surface area contributed by atoms with E-state index in [1.165, 1.54) is 36.4 Å². The van der Waals surface area contributed by atoms with E-state index in [0.717, 1.165) is 12.8 Å². The summed E-state index contributed by atoms with van der Waals surface area (Å²) in [6.07, 6.45) is 1.58. The van der Waals surface area contributed by atoms with Crippen molar-refractivity contribution in [1.82, 2.24) is 4.72 Å². The van der Waals surface area contributed by atoms with Gasteiger partial charge in [-0.25, -0.2) is 21.6 Å². The molecule has 0 atom stereocenters. The van der Waals surface area contributed by atoms with E-state index >= 15 is 0 Å². The largest absolute Gasteiger partial charge is 0.491 e. The van der Waals surface area contributed by atoms with Crippen molar-refractivity contribution in [3.8, 4) is 5.75 Å². The molecule has 0 amide bonds. The van der Waals surface area contributed by atoms with Gasteiger partial charge in [-0.1, -0.05) is 19.4 Å². The predicted octanol–water partition coefficient (Wildman–Crippen LogP) is 2.59. The first-order valence-electron chi connectivity index (χ1n) is 9.13. The summed E-state index contributed by atoms with van der Waals surface area (Å²) in [5.74, 6) is 0.521. The second-order valence-corrected chi connectivity index (χ2v) is 9.65. The number of methoxy groups -OCH3 is 1. The van der Waals surface area contributed by atoms with Gasteiger partial charge in [-0.05, 0) is 48.9 Å². The lowest BCUT2D eigenvalue weighted by atomic mass is 10.3. The zero-order valence-electron chi connectivity index (χ0n) is 16.4. The van der Waals surface area contributed by atoms with E-state index in [0.29, 0.717) is 25.5 Å². The lowest BCUT2D eigenvalue weighted by molar-refractivity contribution is 0.146.